The molecule has 1 unspecified atom stereocenters. The second-order valence-corrected chi connectivity index (χ2v) is 10.2. The monoisotopic (exact) mass is 545 g/mol. The standard InChI is InChI=1S/C26H23N7O5S/c34-24(27-15-22(25(35)36)33-39(37,38)18-9-2-1-3-10-18)23-19(14-28-32-23)16-7-6-8-17(13-16)29-26-30-20-11-4-5-12-21(20)31-26/h1-14,22,33H,15H2,(H,27,34)(H,28,32)(H,35,36)(H2,29,30,31). The van der Waals surface area contributed by atoms with Gasteiger partial charge in [0.1, 0.15) is 11.7 Å². The van der Waals surface area contributed by atoms with Gasteiger partial charge in [-0.25, -0.2) is 13.4 Å². The number of sulfonamides is 1. The predicted octanol–water partition coefficient (Wildman–Crippen LogP) is 2.86. The Morgan fingerprint density at radius 2 is 1.74 bits per heavy atom. The van der Waals surface area contributed by atoms with Crippen molar-refractivity contribution >= 4 is 44.6 Å². The molecule has 0 aliphatic heterocycles. The fourth-order valence-corrected chi connectivity index (χ4v) is 5.12. The van der Waals surface area contributed by atoms with E-state index in [1.807, 2.05) is 36.4 Å². The molecule has 0 aliphatic carbocycles. The van der Waals surface area contributed by atoms with Gasteiger partial charge in [0.25, 0.3) is 5.91 Å². The van der Waals surface area contributed by atoms with Crippen molar-refractivity contribution in [1.29, 1.82) is 0 Å². The number of aromatic nitrogens is 4. The smallest absolute Gasteiger partial charge is 0.323 e. The van der Waals surface area contributed by atoms with Crippen molar-refractivity contribution in [3.05, 3.63) is 90.8 Å². The number of amides is 1. The van der Waals surface area contributed by atoms with Gasteiger partial charge in [0.2, 0.25) is 16.0 Å². The molecule has 5 aromatic rings. The molecule has 12 nitrogen and oxygen atoms in total. The molecule has 198 valence electrons. The van der Waals surface area contributed by atoms with E-state index in [4.69, 9.17) is 0 Å². The first-order valence-corrected chi connectivity index (χ1v) is 13.2. The lowest BCUT2D eigenvalue weighted by Crippen LogP contribution is -2.48. The highest BCUT2D eigenvalue weighted by Crippen LogP contribution is 2.26. The summed E-state index contributed by atoms with van der Waals surface area (Å²) in [7, 11) is -4.11. The molecule has 0 fully saturated rings. The Balaban J connectivity index is 1.29. The number of carbonyl (C=O) groups is 2. The molecular formula is C26H23N7O5S. The second kappa shape index (κ2) is 10.8. The molecule has 1 atom stereocenters. The number of para-hydroxylation sites is 2. The van der Waals surface area contributed by atoms with Gasteiger partial charge in [-0.2, -0.15) is 9.82 Å². The first-order valence-electron chi connectivity index (χ1n) is 11.7. The zero-order chi connectivity index (χ0) is 27.4. The Kier molecular flexibility index (Phi) is 7.08. The maximum absolute atomic E-state index is 13.0. The highest BCUT2D eigenvalue weighted by atomic mass is 32.2. The van der Waals surface area contributed by atoms with E-state index in [0.717, 1.165) is 11.0 Å². The summed E-state index contributed by atoms with van der Waals surface area (Å²) in [6.07, 6.45) is 1.47. The number of fused-ring (bicyclic) bond motifs is 1. The lowest BCUT2D eigenvalue weighted by atomic mass is 10.1. The van der Waals surface area contributed by atoms with Crippen molar-refractivity contribution in [3.63, 3.8) is 0 Å². The number of carbonyl (C=O) groups excluding carboxylic acids is 1. The molecule has 0 spiro atoms. The highest BCUT2D eigenvalue weighted by molar-refractivity contribution is 7.89. The molecule has 0 radical (unpaired) electrons. The normalized spacial score (nSPS) is 12.2. The number of carboxylic acid groups (broad SMARTS) is 1. The predicted molar refractivity (Wildman–Crippen MR) is 144 cm³/mol. The van der Waals surface area contributed by atoms with Crippen LogP contribution in [0.4, 0.5) is 11.6 Å². The number of anilines is 2. The SMILES string of the molecule is O=C(NCC(NS(=O)(=O)c1ccccc1)C(=O)O)c1[nH]ncc1-c1cccc(Nc2nc3ccccc3[nH]2)c1. The minimum atomic E-state index is -4.11. The Morgan fingerprint density at radius 3 is 2.51 bits per heavy atom. The van der Waals surface area contributed by atoms with Crippen LogP contribution in [0.1, 0.15) is 10.5 Å². The Labute approximate surface area is 222 Å². The van der Waals surface area contributed by atoms with Crippen LogP contribution in [-0.2, 0) is 14.8 Å². The second-order valence-electron chi connectivity index (χ2n) is 8.50. The summed E-state index contributed by atoms with van der Waals surface area (Å²) in [5.41, 5.74) is 3.63. The van der Waals surface area contributed by atoms with Crippen molar-refractivity contribution in [2.75, 3.05) is 11.9 Å². The van der Waals surface area contributed by atoms with Gasteiger partial charge >= 0.3 is 5.97 Å². The minimum absolute atomic E-state index is 0.0884. The third-order valence-electron chi connectivity index (χ3n) is 5.81. The van der Waals surface area contributed by atoms with E-state index in [2.05, 4.69) is 35.5 Å². The van der Waals surface area contributed by atoms with Gasteiger partial charge in [0, 0.05) is 17.8 Å². The van der Waals surface area contributed by atoms with E-state index in [-0.39, 0.29) is 10.6 Å². The molecule has 2 heterocycles. The number of imidazole rings is 1. The van der Waals surface area contributed by atoms with Crippen molar-refractivity contribution < 1.29 is 23.1 Å². The van der Waals surface area contributed by atoms with Crippen molar-refractivity contribution in [2.24, 2.45) is 0 Å². The number of H-pyrrole nitrogens is 2. The van der Waals surface area contributed by atoms with Gasteiger partial charge in [0.05, 0.1) is 22.1 Å². The van der Waals surface area contributed by atoms with Crippen molar-refractivity contribution in [2.45, 2.75) is 10.9 Å². The van der Waals surface area contributed by atoms with Gasteiger partial charge in [-0.3, -0.25) is 14.7 Å². The van der Waals surface area contributed by atoms with Crippen LogP contribution >= 0.6 is 0 Å². The Bertz CT molecular complexity index is 1720. The minimum Gasteiger partial charge on any atom is -0.480 e. The summed E-state index contributed by atoms with van der Waals surface area (Å²) in [4.78, 5) is 32.3. The molecule has 1 amide bonds. The average Bonchev–Trinajstić information content (AvgIpc) is 3.58. The lowest BCUT2D eigenvalue weighted by molar-refractivity contribution is -0.138. The van der Waals surface area contributed by atoms with E-state index in [0.29, 0.717) is 22.8 Å². The molecule has 2 aromatic heterocycles. The lowest BCUT2D eigenvalue weighted by Gasteiger charge is -2.15. The third-order valence-corrected chi connectivity index (χ3v) is 7.30. The Hall–Kier alpha value is -5.01. The molecule has 0 bridgehead atoms. The number of nitrogens with one attached hydrogen (secondary N) is 5. The van der Waals surface area contributed by atoms with Crippen LogP contribution in [0, 0.1) is 0 Å². The van der Waals surface area contributed by atoms with Gasteiger partial charge in [-0.15, -0.1) is 0 Å². The number of aromatic amines is 2. The maximum Gasteiger partial charge on any atom is 0.323 e. The molecule has 39 heavy (non-hydrogen) atoms. The summed E-state index contributed by atoms with van der Waals surface area (Å²) in [6, 6.07) is 20.6. The molecular weight excluding hydrogens is 522 g/mol. The van der Waals surface area contributed by atoms with Crippen molar-refractivity contribution in [1.82, 2.24) is 30.2 Å². The number of aliphatic carboxylic acids is 1. The van der Waals surface area contributed by atoms with E-state index in [1.54, 1.807) is 18.2 Å². The van der Waals surface area contributed by atoms with E-state index >= 15 is 0 Å². The number of hydrogen-bond acceptors (Lipinski definition) is 7. The van der Waals surface area contributed by atoms with Crippen LogP contribution in [0.15, 0.2) is 90.0 Å². The summed E-state index contributed by atoms with van der Waals surface area (Å²) in [6.45, 7) is -0.494. The summed E-state index contributed by atoms with van der Waals surface area (Å²) in [5, 5.41) is 21.8. The van der Waals surface area contributed by atoms with Crippen LogP contribution in [0.25, 0.3) is 22.2 Å². The van der Waals surface area contributed by atoms with Gasteiger partial charge in [-0.05, 0) is 42.0 Å². The zero-order valence-corrected chi connectivity index (χ0v) is 21.1. The van der Waals surface area contributed by atoms with Crippen LogP contribution in [0.2, 0.25) is 0 Å². The molecule has 6 N–H and O–H groups in total. The average molecular weight is 546 g/mol. The van der Waals surface area contributed by atoms with E-state index < -0.39 is 34.5 Å². The van der Waals surface area contributed by atoms with Crippen molar-refractivity contribution in [3.8, 4) is 11.1 Å². The highest BCUT2D eigenvalue weighted by Gasteiger charge is 2.26. The number of benzene rings is 3. The summed E-state index contributed by atoms with van der Waals surface area (Å²) >= 11 is 0. The first-order chi connectivity index (χ1) is 18.8. The first kappa shape index (κ1) is 25.6. The van der Waals surface area contributed by atoms with Crippen LogP contribution in [0.3, 0.4) is 0 Å². The molecule has 5 rings (SSSR count). The number of rotatable bonds is 10. The van der Waals surface area contributed by atoms with Crippen LogP contribution in [-0.4, -0.2) is 58.2 Å². The number of hydrogen-bond donors (Lipinski definition) is 6. The fraction of sp³-hybridized carbons (Fsp3) is 0.0769. The van der Waals surface area contributed by atoms with Crippen LogP contribution < -0.4 is 15.4 Å². The fourth-order valence-electron chi connectivity index (χ4n) is 3.91. The zero-order valence-electron chi connectivity index (χ0n) is 20.3. The molecule has 0 saturated heterocycles. The molecule has 0 saturated carbocycles. The quantitative estimate of drug-likeness (QED) is 0.155. The van der Waals surface area contributed by atoms with Gasteiger partial charge in [-0.1, -0.05) is 42.5 Å². The summed E-state index contributed by atoms with van der Waals surface area (Å²) < 4.78 is 27.2. The van der Waals surface area contributed by atoms with Crippen LogP contribution in [0.5, 0.6) is 0 Å². The summed E-state index contributed by atoms with van der Waals surface area (Å²) in [5.74, 6) is -1.54. The third kappa shape index (κ3) is 5.79. The van der Waals surface area contributed by atoms with Gasteiger partial charge in [0.15, 0.2) is 0 Å². The topological polar surface area (TPSA) is 182 Å². The number of nitrogens with zero attached hydrogens (tertiary/aromatic N) is 2. The van der Waals surface area contributed by atoms with Gasteiger partial charge < -0.3 is 20.7 Å². The van der Waals surface area contributed by atoms with E-state index in [1.165, 1.54) is 30.5 Å². The van der Waals surface area contributed by atoms with E-state index in [9.17, 15) is 23.1 Å². The molecule has 13 heteroatoms. The maximum atomic E-state index is 13.0. The number of carboxylic acids is 1. The largest absolute Gasteiger partial charge is 0.480 e. The molecule has 0 aliphatic rings. The Morgan fingerprint density at radius 1 is 0.974 bits per heavy atom. The molecule has 3 aromatic carbocycles.